The van der Waals surface area contributed by atoms with Gasteiger partial charge in [0.1, 0.15) is 0 Å². The summed E-state index contributed by atoms with van der Waals surface area (Å²) in [4.78, 5) is 9.07. The summed E-state index contributed by atoms with van der Waals surface area (Å²) in [5.74, 6) is 8.25. The largest absolute Gasteiger partial charge is 0.493 e. The molecular formula is C23H28N4O3. The lowest BCUT2D eigenvalue weighted by Crippen LogP contribution is -2.35. The highest BCUT2D eigenvalue weighted by atomic mass is 16.5. The van der Waals surface area contributed by atoms with Crippen LogP contribution in [0.1, 0.15) is 31.4 Å². The normalized spacial score (nSPS) is 11.7. The number of benzene rings is 2. The van der Waals surface area contributed by atoms with Crippen molar-refractivity contribution >= 4 is 5.82 Å². The van der Waals surface area contributed by atoms with Crippen LogP contribution < -0.4 is 20.3 Å². The molecule has 0 amide bonds. The molecule has 0 aliphatic rings. The summed E-state index contributed by atoms with van der Waals surface area (Å²) in [7, 11) is 1.59. The molecule has 0 spiro atoms. The van der Waals surface area contributed by atoms with E-state index in [0.717, 1.165) is 17.5 Å². The molecule has 0 saturated heterocycles. The molecule has 7 nitrogen and oxygen atoms in total. The van der Waals surface area contributed by atoms with Crippen LogP contribution in [0.3, 0.4) is 0 Å². The number of rotatable bonds is 10. The number of hydrogen-bond acceptors (Lipinski definition) is 7. The summed E-state index contributed by atoms with van der Waals surface area (Å²) in [6.07, 6.45) is 4.76. The van der Waals surface area contributed by atoms with Crippen LogP contribution in [0, 0.1) is 0 Å². The average molecular weight is 409 g/mol. The summed E-state index contributed by atoms with van der Waals surface area (Å²) in [5.41, 5.74) is 2.66. The molecule has 1 atom stereocenters. The van der Waals surface area contributed by atoms with Gasteiger partial charge in [-0.3, -0.25) is 9.99 Å². The van der Waals surface area contributed by atoms with Gasteiger partial charge in [-0.25, -0.2) is 10.8 Å². The lowest BCUT2D eigenvalue weighted by Gasteiger charge is -2.28. The Kier molecular flexibility index (Phi) is 7.59. The Bertz CT molecular complexity index is 937. The molecule has 0 bridgehead atoms. The maximum Gasteiger partial charge on any atom is 0.162 e. The van der Waals surface area contributed by atoms with E-state index in [2.05, 4.69) is 24.0 Å². The zero-order chi connectivity index (χ0) is 21.3. The standard InChI is InChI=1S/C23H28N4O3/c1-3-20(17-8-5-4-6-9-17)27(24)23-16-25-15-19(26-23)18-10-11-21(22(14-18)29-2)30-13-7-12-28/h4-6,8-11,14-16,20,28H,3,7,12-13,24H2,1-2H3. The molecule has 0 saturated carbocycles. The van der Waals surface area contributed by atoms with E-state index in [4.69, 9.17) is 25.4 Å². The van der Waals surface area contributed by atoms with Gasteiger partial charge in [-0.1, -0.05) is 37.3 Å². The molecule has 1 heterocycles. The molecule has 3 rings (SSSR count). The molecule has 0 aliphatic heterocycles. The summed E-state index contributed by atoms with van der Waals surface area (Å²) in [5, 5.41) is 10.6. The Morgan fingerprint density at radius 1 is 1.10 bits per heavy atom. The Labute approximate surface area is 177 Å². The van der Waals surface area contributed by atoms with Crippen LogP contribution in [0.5, 0.6) is 11.5 Å². The quantitative estimate of drug-likeness (QED) is 0.300. The molecule has 3 aromatic rings. The number of aromatic nitrogens is 2. The van der Waals surface area contributed by atoms with Crippen LogP contribution in [-0.4, -0.2) is 35.4 Å². The molecule has 3 N–H and O–H groups in total. The number of methoxy groups -OCH3 is 1. The van der Waals surface area contributed by atoms with Gasteiger partial charge >= 0.3 is 0 Å². The van der Waals surface area contributed by atoms with Crippen LogP contribution in [0.25, 0.3) is 11.3 Å². The molecule has 2 aromatic carbocycles. The van der Waals surface area contributed by atoms with Crippen LogP contribution in [0.15, 0.2) is 60.9 Å². The van der Waals surface area contributed by atoms with Gasteiger partial charge in [0.25, 0.3) is 0 Å². The van der Waals surface area contributed by atoms with Crippen molar-refractivity contribution in [3.8, 4) is 22.8 Å². The molecule has 1 aromatic heterocycles. The summed E-state index contributed by atoms with van der Waals surface area (Å²) < 4.78 is 11.1. The first-order chi connectivity index (χ1) is 14.7. The second kappa shape index (κ2) is 10.6. The second-order valence-electron chi connectivity index (χ2n) is 6.80. The third-order valence-corrected chi connectivity index (χ3v) is 4.81. The van der Waals surface area contributed by atoms with Gasteiger partial charge in [0.15, 0.2) is 17.3 Å². The first-order valence-corrected chi connectivity index (χ1v) is 10.0. The van der Waals surface area contributed by atoms with Crippen LogP contribution in [-0.2, 0) is 0 Å². The van der Waals surface area contributed by atoms with Crippen molar-refractivity contribution in [3.63, 3.8) is 0 Å². The van der Waals surface area contributed by atoms with Gasteiger partial charge in [-0.15, -0.1) is 0 Å². The highest BCUT2D eigenvalue weighted by molar-refractivity contribution is 5.64. The molecule has 0 aliphatic carbocycles. The third kappa shape index (κ3) is 5.06. The highest BCUT2D eigenvalue weighted by Crippen LogP contribution is 2.33. The van der Waals surface area contributed by atoms with Crippen LogP contribution in [0.4, 0.5) is 5.82 Å². The van der Waals surface area contributed by atoms with E-state index in [1.807, 2.05) is 36.4 Å². The van der Waals surface area contributed by atoms with Crippen molar-refractivity contribution in [2.75, 3.05) is 25.3 Å². The Morgan fingerprint density at radius 3 is 2.60 bits per heavy atom. The molecule has 158 valence electrons. The smallest absolute Gasteiger partial charge is 0.162 e. The number of hydrazine groups is 1. The minimum atomic E-state index is -0.00686. The predicted octanol–water partition coefficient (Wildman–Crippen LogP) is 3.74. The van der Waals surface area contributed by atoms with E-state index in [-0.39, 0.29) is 12.6 Å². The number of nitrogens with zero attached hydrogens (tertiary/aromatic N) is 3. The van der Waals surface area contributed by atoms with Crippen molar-refractivity contribution in [1.82, 2.24) is 9.97 Å². The van der Waals surface area contributed by atoms with Gasteiger partial charge in [0.05, 0.1) is 37.8 Å². The van der Waals surface area contributed by atoms with Gasteiger partial charge in [-0.05, 0) is 30.2 Å². The van der Waals surface area contributed by atoms with E-state index in [1.165, 1.54) is 0 Å². The minimum Gasteiger partial charge on any atom is -0.493 e. The van der Waals surface area contributed by atoms with E-state index in [9.17, 15) is 0 Å². The SMILES string of the molecule is CCC(c1ccccc1)N(N)c1cncc(-c2ccc(OCCCO)c(OC)c2)n1. The van der Waals surface area contributed by atoms with Gasteiger partial charge < -0.3 is 14.6 Å². The van der Waals surface area contributed by atoms with Gasteiger partial charge in [-0.2, -0.15) is 0 Å². The van der Waals surface area contributed by atoms with E-state index in [0.29, 0.717) is 36.0 Å². The Balaban J connectivity index is 1.86. The first-order valence-electron chi connectivity index (χ1n) is 10.0. The van der Waals surface area contributed by atoms with Crippen molar-refractivity contribution < 1.29 is 14.6 Å². The van der Waals surface area contributed by atoms with Gasteiger partial charge in [0, 0.05) is 18.6 Å². The van der Waals surface area contributed by atoms with Crippen LogP contribution >= 0.6 is 0 Å². The lowest BCUT2D eigenvalue weighted by atomic mass is 10.0. The zero-order valence-corrected chi connectivity index (χ0v) is 17.4. The number of anilines is 1. The average Bonchev–Trinajstić information content (AvgIpc) is 2.80. The molecule has 30 heavy (non-hydrogen) atoms. The minimum absolute atomic E-state index is 0.00686. The zero-order valence-electron chi connectivity index (χ0n) is 17.4. The van der Waals surface area contributed by atoms with E-state index < -0.39 is 0 Å². The number of aliphatic hydroxyl groups is 1. The van der Waals surface area contributed by atoms with Crippen molar-refractivity contribution in [2.24, 2.45) is 5.84 Å². The van der Waals surface area contributed by atoms with Crippen molar-refractivity contribution in [1.29, 1.82) is 0 Å². The highest BCUT2D eigenvalue weighted by Gasteiger charge is 2.18. The summed E-state index contributed by atoms with van der Waals surface area (Å²) >= 11 is 0. The molecule has 0 fully saturated rings. The molecule has 1 unspecified atom stereocenters. The number of nitrogens with two attached hydrogens (primary N) is 1. The van der Waals surface area contributed by atoms with E-state index >= 15 is 0 Å². The Hall–Kier alpha value is -3.16. The Morgan fingerprint density at radius 2 is 1.90 bits per heavy atom. The monoisotopic (exact) mass is 408 g/mol. The predicted molar refractivity (Wildman–Crippen MR) is 117 cm³/mol. The maximum atomic E-state index is 8.92. The fraction of sp³-hybridized carbons (Fsp3) is 0.304. The maximum absolute atomic E-state index is 8.92. The van der Waals surface area contributed by atoms with Crippen LogP contribution in [0.2, 0.25) is 0 Å². The van der Waals surface area contributed by atoms with Crippen molar-refractivity contribution in [3.05, 3.63) is 66.5 Å². The first kappa shape index (κ1) is 21.5. The molecular weight excluding hydrogens is 380 g/mol. The third-order valence-electron chi connectivity index (χ3n) is 4.81. The fourth-order valence-corrected chi connectivity index (χ4v) is 3.24. The topological polar surface area (TPSA) is 93.7 Å². The fourth-order valence-electron chi connectivity index (χ4n) is 3.24. The van der Waals surface area contributed by atoms with E-state index in [1.54, 1.807) is 24.5 Å². The molecule has 7 heteroatoms. The molecule has 0 radical (unpaired) electrons. The number of ether oxygens (including phenoxy) is 2. The second-order valence-corrected chi connectivity index (χ2v) is 6.80. The summed E-state index contributed by atoms with van der Waals surface area (Å²) in [6, 6.07) is 15.7. The number of aliphatic hydroxyl groups excluding tert-OH is 1. The lowest BCUT2D eigenvalue weighted by molar-refractivity contribution is 0.228. The number of hydrogen-bond donors (Lipinski definition) is 2. The summed E-state index contributed by atoms with van der Waals surface area (Å²) in [6.45, 7) is 2.59. The van der Waals surface area contributed by atoms with Gasteiger partial charge in [0.2, 0.25) is 0 Å². The van der Waals surface area contributed by atoms with Crippen molar-refractivity contribution in [2.45, 2.75) is 25.8 Å².